The number of halogens is 1. The molecule has 0 aliphatic carbocycles. The van der Waals surface area contributed by atoms with Crippen molar-refractivity contribution in [3.05, 3.63) is 47.5 Å². The third kappa shape index (κ3) is 3.07. The highest BCUT2D eigenvalue weighted by atomic mass is 19.1. The molecule has 0 aliphatic rings. The normalized spacial score (nSPS) is 10.6. The van der Waals surface area contributed by atoms with E-state index < -0.39 is 0 Å². The minimum absolute atomic E-state index is 0.0751. The zero-order valence-corrected chi connectivity index (χ0v) is 10.2. The van der Waals surface area contributed by atoms with Gasteiger partial charge in [0.05, 0.1) is 19.3 Å². The van der Waals surface area contributed by atoms with Crippen molar-refractivity contribution < 1.29 is 9.50 Å². The molecule has 18 heavy (non-hydrogen) atoms. The molecule has 2 rings (SSSR count). The molecule has 0 saturated carbocycles. The van der Waals surface area contributed by atoms with Gasteiger partial charge in [-0.1, -0.05) is 0 Å². The van der Waals surface area contributed by atoms with Gasteiger partial charge in [-0.25, -0.2) is 4.39 Å². The summed E-state index contributed by atoms with van der Waals surface area (Å²) >= 11 is 0. The lowest BCUT2D eigenvalue weighted by atomic mass is 10.2. The maximum atomic E-state index is 13.1. The molecule has 2 N–H and O–H groups in total. The fourth-order valence-corrected chi connectivity index (χ4v) is 1.68. The standard InChI is InChI=1S/C13H16FN3O/c1-10-6-12(2-3-13(10)14)15-7-11-8-16-17(9-11)4-5-18/h2-3,6,8-9,15,18H,4-5,7H2,1H3. The molecule has 0 saturated heterocycles. The van der Waals surface area contributed by atoms with Crippen molar-refractivity contribution in [3.8, 4) is 0 Å². The molecule has 0 aliphatic heterocycles. The first-order chi connectivity index (χ1) is 8.69. The van der Waals surface area contributed by atoms with Crippen LogP contribution in [0.15, 0.2) is 30.6 Å². The van der Waals surface area contributed by atoms with Crippen LogP contribution in [0, 0.1) is 12.7 Å². The molecule has 0 unspecified atom stereocenters. The van der Waals surface area contributed by atoms with E-state index in [1.807, 2.05) is 6.20 Å². The lowest BCUT2D eigenvalue weighted by Gasteiger charge is -2.06. The van der Waals surface area contributed by atoms with Gasteiger partial charge in [-0.3, -0.25) is 4.68 Å². The Labute approximate surface area is 105 Å². The Morgan fingerprint density at radius 2 is 2.28 bits per heavy atom. The Morgan fingerprint density at radius 1 is 1.44 bits per heavy atom. The lowest BCUT2D eigenvalue weighted by molar-refractivity contribution is 0.269. The number of hydrogen-bond donors (Lipinski definition) is 2. The van der Waals surface area contributed by atoms with E-state index in [-0.39, 0.29) is 12.4 Å². The minimum Gasteiger partial charge on any atom is -0.394 e. The van der Waals surface area contributed by atoms with Crippen LogP contribution in [0.2, 0.25) is 0 Å². The summed E-state index contributed by atoms with van der Waals surface area (Å²) in [5.41, 5.74) is 2.52. The van der Waals surface area contributed by atoms with Gasteiger partial charge < -0.3 is 10.4 Å². The third-order valence-electron chi connectivity index (χ3n) is 2.67. The third-order valence-corrected chi connectivity index (χ3v) is 2.67. The van der Waals surface area contributed by atoms with Gasteiger partial charge >= 0.3 is 0 Å². The number of nitrogens with one attached hydrogen (secondary N) is 1. The first-order valence-electron chi connectivity index (χ1n) is 5.81. The molecule has 1 aromatic heterocycles. The van der Waals surface area contributed by atoms with Crippen LogP contribution in [0.3, 0.4) is 0 Å². The minimum atomic E-state index is -0.198. The Kier molecular flexibility index (Phi) is 3.94. The summed E-state index contributed by atoms with van der Waals surface area (Å²) < 4.78 is 14.8. The van der Waals surface area contributed by atoms with Gasteiger partial charge in [0.2, 0.25) is 0 Å². The zero-order valence-electron chi connectivity index (χ0n) is 10.2. The molecule has 96 valence electrons. The van der Waals surface area contributed by atoms with Gasteiger partial charge in [0.25, 0.3) is 0 Å². The molecule has 0 amide bonds. The summed E-state index contributed by atoms with van der Waals surface area (Å²) in [5, 5.41) is 16.1. The molecule has 0 atom stereocenters. The van der Waals surface area contributed by atoms with E-state index in [0.717, 1.165) is 11.3 Å². The molecular weight excluding hydrogens is 233 g/mol. The van der Waals surface area contributed by atoms with Crippen molar-refractivity contribution in [1.82, 2.24) is 9.78 Å². The van der Waals surface area contributed by atoms with E-state index in [2.05, 4.69) is 10.4 Å². The first kappa shape index (κ1) is 12.6. The number of aryl methyl sites for hydroxylation is 1. The quantitative estimate of drug-likeness (QED) is 0.851. The van der Waals surface area contributed by atoms with E-state index in [1.54, 1.807) is 29.9 Å². The van der Waals surface area contributed by atoms with Crippen LogP contribution < -0.4 is 5.32 Å². The van der Waals surface area contributed by atoms with Crippen LogP contribution in [-0.4, -0.2) is 21.5 Å². The molecule has 5 heteroatoms. The maximum Gasteiger partial charge on any atom is 0.126 e. The number of rotatable bonds is 5. The fourth-order valence-electron chi connectivity index (χ4n) is 1.68. The second kappa shape index (κ2) is 5.64. The smallest absolute Gasteiger partial charge is 0.126 e. The molecule has 1 heterocycles. The number of aromatic nitrogens is 2. The van der Waals surface area contributed by atoms with Crippen molar-refractivity contribution in [2.45, 2.75) is 20.0 Å². The summed E-state index contributed by atoms with van der Waals surface area (Å²) in [4.78, 5) is 0. The highest BCUT2D eigenvalue weighted by Gasteiger charge is 2.01. The lowest BCUT2D eigenvalue weighted by Crippen LogP contribution is -2.02. The Bertz CT molecular complexity index is 525. The molecular formula is C13H16FN3O. The second-order valence-corrected chi connectivity index (χ2v) is 4.15. The van der Waals surface area contributed by atoms with E-state index >= 15 is 0 Å². The number of benzene rings is 1. The first-order valence-corrected chi connectivity index (χ1v) is 5.81. The van der Waals surface area contributed by atoms with Crippen LogP contribution in [0.5, 0.6) is 0 Å². The topological polar surface area (TPSA) is 50.1 Å². The van der Waals surface area contributed by atoms with E-state index in [0.29, 0.717) is 18.7 Å². The van der Waals surface area contributed by atoms with Gasteiger partial charge in [0, 0.05) is 24.0 Å². The molecule has 0 fully saturated rings. The monoisotopic (exact) mass is 249 g/mol. The molecule has 0 radical (unpaired) electrons. The Hall–Kier alpha value is -1.88. The number of aliphatic hydroxyl groups is 1. The van der Waals surface area contributed by atoms with E-state index in [9.17, 15) is 4.39 Å². The van der Waals surface area contributed by atoms with Gasteiger partial charge in [0.1, 0.15) is 5.82 Å². The number of aliphatic hydroxyl groups excluding tert-OH is 1. The predicted molar refractivity (Wildman–Crippen MR) is 67.8 cm³/mol. The largest absolute Gasteiger partial charge is 0.394 e. The van der Waals surface area contributed by atoms with Crippen LogP contribution >= 0.6 is 0 Å². The summed E-state index contributed by atoms with van der Waals surface area (Å²) in [6, 6.07) is 4.93. The average molecular weight is 249 g/mol. The summed E-state index contributed by atoms with van der Waals surface area (Å²) in [6.45, 7) is 2.93. The Balaban J connectivity index is 1.95. The summed E-state index contributed by atoms with van der Waals surface area (Å²) in [7, 11) is 0. The predicted octanol–water partition coefficient (Wildman–Crippen LogP) is 1.94. The summed E-state index contributed by atoms with van der Waals surface area (Å²) in [6.07, 6.45) is 3.62. The zero-order chi connectivity index (χ0) is 13.0. The van der Waals surface area contributed by atoms with E-state index in [4.69, 9.17) is 5.11 Å². The molecule has 1 aromatic carbocycles. The Morgan fingerprint density at radius 3 is 3.00 bits per heavy atom. The van der Waals surface area contributed by atoms with Crippen LogP contribution in [0.1, 0.15) is 11.1 Å². The number of anilines is 1. The molecule has 0 spiro atoms. The van der Waals surface area contributed by atoms with Gasteiger partial charge in [-0.05, 0) is 30.7 Å². The van der Waals surface area contributed by atoms with Crippen molar-refractivity contribution >= 4 is 5.69 Å². The van der Waals surface area contributed by atoms with Crippen LogP contribution in [-0.2, 0) is 13.1 Å². The SMILES string of the molecule is Cc1cc(NCc2cnn(CCO)c2)ccc1F. The highest BCUT2D eigenvalue weighted by Crippen LogP contribution is 2.14. The van der Waals surface area contributed by atoms with Crippen molar-refractivity contribution in [2.24, 2.45) is 0 Å². The maximum absolute atomic E-state index is 13.1. The molecule has 2 aromatic rings. The van der Waals surface area contributed by atoms with Crippen molar-refractivity contribution in [2.75, 3.05) is 11.9 Å². The van der Waals surface area contributed by atoms with Crippen molar-refractivity contribution in [1.29, 1.82) is 0 Å². The second-order valence-electron chi connectivity index (χ2n) is 4.15. The van der Waals surface area contributed by atoms with Crippen LogP contribution in [0.25, 0.3) is 0 Å². The van der Waals surface area contributed by atoms with Gasteiger partial charge in [-0.15, -0.1) is 0 Å². The highest BCUT2D eigenvalue weighted by molar-refractivity contribution is 5.46. The van der Waals surface area contributed by atoms with E-state index in [1.165, 1.54) is 6.07 Å². The average Bonchev–Trinajstić information content (AvgIpc) is 2.79. The molecule has 0 bridgehead atoms. The molecule has 4 nitrogen and oxygen atoms in total. The van der Waals surface area contributed by atoms with Gasteiger partial charge in [-0.2, -0.15) is 5.10 Å². The van der Waals surface area contributed by atoms with Crippen LogP contribution in [0.4, 0.5) is 10.1 Å². The van der Waals surface area contributed by atoms with Gasteiger partial charge in [0.15, 0.2) is 0 Å². The summed E-state index contributed by atoms with van der Waals surface area (Å²) in [5.74, 6) is -0.198. The van der Waals surface area contributed by atoms with Crippen molar-refractivity contribution in [3.63, 3.8) is 0 Å². The number of nitrogens with zero attached hydrogens (tertiary/aromatic N) is 2. The number of hydrogen-bond acceptors (Lipinski definition) is 3. The fraction of sp³-hybridized carbons (Fsp3) is 0.308.